The van der Waals surface area contributed by atoms with Gasteiger partial charge >= 0.3 is 0 Å². The van der Waals surface area contributed by atoms with Crippen molar-refractivity contribution in [1.82, 2.24) is 19.6 Å². The topological polar surface area (TPSA) is 41.4 Å². The molecule has 0 aliphatic rings. The minimum Gasteiger partial charge on any atom is -0.332 e. The highest BCUT2D eigenvalue weighted by Crippen LogP contribution is 2.29. The monoisotopic (exact) mass is 476 g/mol. The molecule has 0 fully saturated rings. The molecule has 5 nitrogen and oxygen atoms in total. The van der Waals surface area contributed by atoms with Crippen LogP contribution in [0.3, 0.4) is 0 Å². The quantitative estimate of drug-likeness (QED) is 0.335. The number of nitrogens with zero attached hydrogens (tertiary/aromatic N) is 4. The highest BCUT2D eigenvalue weighted by atomic mass is 35.5. The second-order valence-corrected chi connectivity index (χ2v) is 8.71. The summed E-state index contributed by atoms with van der Waals surface area (Å²) in [5.41, 5.74) is 3.31. The first-order chi connectivity index (χ1) is 16.4. The third-order valence-corrected chi connectivity index (χ3v) is 5.80. The van der Waals surface area contributed by atoms with Gasteiger partial charge in [-0.15, -0.1) is 0 Å². The van der Waals surface area contributed by atoms with Crippen molar-refractivity contribution in [2.75, 3.05) is 27.2 Å². The molecule has 174 valence electrons. The summed E-state index contributed by atoms with van der Waals surface area (Å²) >= 11 is 6.42. The molecule has 4 aromatic rings. The zero-order valence-corrected chi connectivity index (χ0v) is 19.9. The molecular weight excluding hydrogens is 451 g/mol. The van der Waals surface area contributed by atoms with E-state index in [1.165, 1.54) is 12.1 Å². The number of aromatic nitrogens is 2. The highest BCUT2D eigenvalue weighted by molar-refractivity contribution is 6.33. The van der Waals surface area contributed by atoms with E-state index in [-0.39, 0.29) is 11.7 Å². The summed E-state index contributed by atoms with van der Waals surface area (Å²) in [7, 11) is 3.95. The number of benzene rings is 3. The van der Waals surface area contributed by atoms with Crippen LogP contribution in [0.5, 0.6) is 0 Å². The SMILES string of the molecule is CN(C)CCN(Cc1ccccc1)C(=O)c1cc(-c2ccccc2Cl)nn1-c1ccc(F)cc1. The van der Waals surface area contributed by atoms with Gasteiger partial charge in [-0.05, 0) is 56.1 Å². The molecule has 0 aliphatic carbocycles. The molecule has 0 atom stereocenters. The zero-order chi connectivity index (χ0) is 24.1. The lowest BCUT2D eigenvalue weighted by molar-refractivity contribution is 0.0722. The average Bonchev–Trinajstić information content (AvgIpc) is 3.28. The van der Waals surface area contributed by atoms with Gasteiger partial charge < -0.3 is 9.80 Å². The summed E-state index contributed by atoms with van der Waals surface area (Å²) in [5.74, 6) is -0.521. The van der Waals surface area contributed by atoms with Crippen LogP contribution in [0.1, 0.15) is 16.1 Å². The summed E-state index contributed by atoms with van der Waals surface area (Å²) in [5, 5.41) is 5.24. The third-order valence-electron chi connectivity index (χ3n) is 5.47. The first-order valence-corrected chi connectivity index (χ1v) is 11.4. The Morgan fingerprint density at radius 2 is 1.62 bits per heavy atom. The first-order valence-electron chi connectivity index (χ1n) is 11.0. The predicted octanol–water partition coefficient (Wildman–Crippen LogP) is 5.54. The molecule has 0 unspecified atom stereocenters. The number of carbonyl (C=O) groups excluding carboxylic acids is 1. The standard InChI is InChI=1S/C27H26ClFN4O/c1-31(2)16-17-32(19-20-8-4-3-5-9-20)27(34)26-18-25(23-10-6-7-11-24(23)28)30-33(26)22-14-12-21(29)13-15-22/h3-15,18H,16-17,19H2,1-2H3. The fraction of sp³-hybridized carbons (Fsp3) is 0.185. The number of carbonyl (C=O) groups is 1. The summed E-state index contributed by atoms with van der Waals surface area (Å²) in [6.07, 6.45) is 0. The van der Waals surface area contributed by atoms with Gasteiger partial charge in [0.1, 0.15) is 11.5 Å². The van der Waals surface area contributed by atoms with E-state index >= 15 is 0 Å². The van der Waals surface area contributed by atoms with E-state index in [0.717, 1.165) is 11.1 Å². The zero-order valence-electron chi connectivity index (χ0n) is 19.2. The van der Waals surface area contributed by atoms with E-state index in [9.17, 15) is 9.18 Å². The Kier molecular flexibility index (Phi) is 7.40. The lowest BCUT2D eigenvalue weighted by Gasteiger charge is -2.25. The highest BCUT2D eigenvalue weighted by Gasteiger charge is 2.24. The van der Waals surface area contributed by atoms with Crippen molar-refractivity contribution in [3.05, 3.63) is 107 Å². The first kappa shape index (κ1) is 23.7. The third kappa shape index (κ3) is 5.53. The second kappa shape index (κ2) is 10.6. The number of amides is 1. The van der Waals surface area contributed by atoms with Crippen LogP contribution in [0.25, 0.3) is 16.9 Å². The van der Waals surface area contributed by atoms with Crippen molar-refractivity contribution in [1.29, 1.82) is 0 Å². The van der Waals surface area contributed by atoms with Crippen molar-refractivity contribution in [3.63, 3.8) is 0 Å². The Hall–Kier alpha value is -3.48. The van der Waals surface area contributed by atoms with Gasteiger partial charge in [0.2, 0.25) is 0 Å². The van der Waals surface area contributed by atoms with E-state index < -0.39 is 0 Å². The fourth-order valence-corrected chi connectivity index (χ4v) is 3.88. The van der Waals surface area contributed by atoms with Crippen molar-refractivity contribution in [2.24, 2.45) is 0 Å². The van der Waals surface area contributed by atoms with Gasteiger partial charge in [0.15, 0.2) is 0 Å². The molecular formula is C27H26ClFN4O. The summed E-state index contributed by atoms with van der Waals surface area (Å²) in [6, 6.07) is 24.9. The summed E-state index contributed by atoms with van der Waals surface area (Å²) in [6.45, 7) is 1.71. The van der Waals surface area contributed by atoms with Gasteiger partial charge in [0.05, 0.1) is 16.4 Å². The maximum Gasteiger partial charge on any atom is 0.272 e. The molecule has 0 aliphatic heterocycles. The smallest absolute Gasteiger partial charge is 0.272 e. The van der Waals surface area contributed by atoms with E-state index in [1.807, 2.05) is 72.4 Å². The number of hydrogen-bond acceptors (Lipinski definition) is 3. The number of hydrogen-bond donors (Lipinski definition) is 0. The Morgan fingerprint density at radius 3 is 2.29 bits per heavy atom. The van der Waals surface area contributed by atoms with Crippen LogP contribution in [-0.4, -0.2) is 52.7 Å². The molecule has 4 rings (SSSR count). The molecule has 0 bridgehead atoms. The molecule has 0 saturated heterocycles. The van der Waals surface area contributed by atoms with E-state index in [1.54, 1.807) is 28.9 Å². The van der Waals surface area contributed by atoms with Crippen LogP contribution >= 0.6 is 11.6 Å². The van der Waals surface area contributed by atoms with Crippen molar-refractivity contribution in [2.45, 2.75) is 6.54 Å². The van der Waals surface area contributed by atoms with Crippen molar-refractivity contribution >= 4 is 17.5 Å². The molecule has 34 heavy (non-hydrogen) atoms. The largest absolute Gasteiger partial charge is 0.332 e. The Labute approximate surface area is 204 Å². The van der Waals surface area contributed by atoms with Crippen molar-refractivity contribution in [3.8, 4) is 16.9 Å². The van der Waals surface area contributed by atoms with Gasteiger partial charge in [0.25, 0.3) is 5.91 Å². The number of rotatable bonds is 8. The van der Waals surface area contributed by atoms with Crippen LogP contribution in [0.15, 0.2) is 84.9 Å². The van der Waals surface area contributed by atoms with E-state index in [4.69, 9.17) is 16.7 Å². The minimum atomic E-state index is -0.355. The van der Waals surface area contributed by atoms with Gasteiger partial charge in [-0.25, -0.2) is 9.07 Å². The molecule has 0 N–H and O–H groups in total. The van der Waals surface area contributed by atoms with Crippen LogP contribution in [-0.2, 0) is 6.54 Å². The second-order valence-electron chi connectivity index (χ2n) is 8.30. The fourth-order valence-electron chi connectivity index (χ4n) is 3.65. The maximum absolute atomic E-state index is 13.9. The molecule has 1 aromatic heterocycles. The lowest BCUT2D eigenvalue weighted by atomic mass is 10.1. The van der Waals surface area contributed by atoms with Gasteiger partial charge in [-0.3, -0.25) is 4.79 Å². The normalized spacial score (nSPS) is 11.1. The molecule has 0 saturated carbocycles. The Balaban J connectivity index is 1.78. The van der Waals surface area contributed by atoms with Gasteiger partial charge in [-0.2, -0.15) is 5.10 Å². The molecule has 7 heteroatoms. The molecule has 1 amide bonds. The molecule has 0 radical (unpaired) electrons. The lowest BCUT2D eigenvalue weighted by Crippen LogP contribution is -2.37. The number of halogens is 2. The summed E-state index contributed by atoms with van der Waals surface area (Å²) in [4.78, 5) is 17.7. The predicted molar refractivity (Wildman–Crippen MR) is 134 cm³/mol. The summed E-state index contributed by atoms with van der Waals surface area (Å²) < 4.78 is 15.2. The van der Waals surface area contributed by atoms with Crippen LogP contribution in [0.4, 0.5) is 4.39 Å². The van der Waals surface area contributed by atoms with Gasteiger partial charge in [-0.1, -0.05) is 60.1 Å². The van der Waals surface area contributed by atoms with Crippen LogP contribution in [0, 0.1) is 5.82 Å². The minimum absolute atomic E-state index is 0.166. The van der Waals surface area contributed by atoms with E-state index in [2.05, 4.69) is 0 Å². The molecule has 1 heterocycles. The average molecular weight is 477 g/mol. The van der Waals surface area contributed by atoms with Crippen molar-refractivity contribution < 1.29 is 9.18 Å². The van der Waals surface area contributed by atoms with Gasteiger partial charge in [0, 0.05) is 25.2 Å². The van der Waals surface area contributed by atoms with Crippen LogP contribution < -0.4 is 0 Å². The Morgan fingerprint density at radius 1 is 0.941 bits per heavy atom. The molecule has 3 aromatic carbocycles. The Bertz CT molecular complexity index is 1260. The maximum atomic E-state index is 13.9. The molecule has 0 spiro atoms. The number of likely N-dealkylation sites (N-methyl/N-ethyl adjacent to an activating group) is 1. The van der Waals surface area contributed by atoms with Crippen LogP contribution in [0.2, 0.25) is 5.02 Å². The van der Waals surface area contributed by atoms with E-state index in [0.29, 0.717) is 41.7 Å².